The lowest BCUT2D eigenvalue weighted by atomic mass is 10.1. The zero-order chi connectivity index (χ0) is 28.1. The third-order valence-electron chi connectivity index (χ3n) is 6.56. The van der Waals surface area contributed by atoms with E-state index >= 15 is 4.39 Å². The number of imidazole rings is 1. The summed E-state index contributed by atoms with van der Waals surface area (Å²) in [7, 11) is 1.60. The van der Waals surface area contributed by atoms with Crippen LogP contribution in [0.1, 0.15) is 23.6 Å². The number of nitrogens with zero attached hydrogens (tertiary/aromatic N) is 6. The number of alkyl halides is 3. The summed E-state index contributed by atoms with van der Waals surface area (Å²) in [6.45, 7) is 2.67. The summed E-state index contributed by atoms with van der Waals surface area (Å²) in [5.41, 5.74) is 6.33. The van der Waals surface area contributed by atoms with Gasteiger partial charge in [0.05, 0.1) is 47.0 Å². The minimum atomic E-state index is -4.87. The maximum absolute atomic E-state index is 15.0. The normalized spacial score (nSPS) is 17.5. The van der Waals surface area contributed by atoms with Crippen LogP contribution in [0.25, 0.3) is 22.1 Å². The molecule has 0 spiro atoms. The van der Waals surface area contributed by atoms with Crippen LogP contribution in [0, 0.1) is 23.5 Å². The second kappa shape index (κ2) is 9.66. The number of benzene rings is 1. The van der Waals surface area contributed by atoms with Crippen LogP contribution in [-0.2, 0) is 16.6 Å². The molecular weight excluding hydrogens is 525 g/mol. The Hall–Kier alpha value is -4.51. The third kappa shape index (κ3) is 4.76. The van der Waals surface area contributed by atoms with Gasteiger partial charge in [0.15, 0.2) is 5.82 Å². The fraction of sp³-hybridized carbons (Fsp3) is 0.280. The molecular formula is C25H20F5N7O2. The van der Waals surface area contributed by atoms with E-state index in [1.807, 2.05) is 0 Å². The van der Waals surface area contributed by atoms with Crippen molar-refractivity contribution in [2.75, 3.05) is 18.9 Å². The van der Waals surface area contributed by atoms with Crippen LogP contribution in [0.3, 0.4) is 0 Å². The number of aromatic nitrogens is 5. The second-order valence-corrected chi connectivity index (χ2v) is 8.92. The number of carbonyl (C=O) groups excluding carboxylic acids is 1. The van der Waals surface area contributed by atoms with Gasteiger partial charge < -0.3 is 19.8 Å². The number of nitrogens with two attached hydrogens (primary N) is 1. The zero-order valence-corrected chi connectivity index (χ0v) is 20.3. The van der Waals surface area contributed by atoms with Crippen molar-refractivity contribution in [3.8, 4) is 11.8 Å². The number of aryl methyl sites for hydroxylation is 1. The second-order valence-electron chi connectivity index (χ2n) is 8.92. The summed E-state index contributed by atoms with van der Waals surface area (Å²) in [6, 6.07) is -0.314. The lowest BCUT2D eigenvalue weighted by Crippen LogP contribution is -2.38. The number of ether oxygens (including phenoxy) is 1. The first-order valence-electron chi connectivity index (χ1n) is 11.5. The molecule has 39 heavy (non-hydrogen) atoms. The van der Waals surface area contributed by atoms with E-state index in [0.717, 1.165) is 12.1 Å². The molecule has 1 aliphatic heterocycles. The van der Waals surface area contributed by atoms with Gasteiger partial charge in [-0.15, -0.1) is 13.2 Å². The molecule has 2 atom stereocenters. The third-order valence-corrected chi connectivity index (χ3v) is 6.56. The van der Waals surface area contributed by atoms with E-state index in [4.69, 9.17) is 5.73 Å². The van der Waals surface area contributed by atoms with E-state index in [1.54, 1.807) is 11.6 Å². The Morgan fingerprint density at radius 1 is 1.28 bits per heavy atom. The fourth-order valence-electron chi connectivity index (χ4n) is 4.75. The van der Waals surface area contributed by atoms with Gasteiger partial charge in [-0.1, -0.05) is 18.4 Å². The molecule has 14 heteroatoms. The van der Waals surface area contributed by atoms with E-state index in [2.05, 4.69) is 38.1 Å². The van der Waals surface area contributed by atoms with Crippen molar-refractivity contribution in [2.45, 2.75) is 24.9 Å². The van der Waals surface area contributed by atoms with Crippen LogP contribution in [0.15, 0.2) is 37.6 Å². The summed E-state index contributed by atoms with van der Waals surface area (Å²) in [6.07, 6.45) is 0.308. The molecule has 0 saturated carbocycles. The van der Waals surface area contributed by atoms with Gasteiger partial charge in [0, 0.05) is 25.9 Å². The number of halogens is 5. The standard InChI is InChI=1S/C25H20F5N7O2/c1-3-19(38)36-9-14(6-15(36)10-39-25(28,29)30)37-8-13(20-23(31)32-11-33-24(20)37)4-5-16-17(26)7-18-22(21(16)27)34-12-35(18)2/h3,7-8,11-12,14-15H,1,6,9-10H2,2H3,(H2,31,32,33)/t14-,15+/m0/s1. The van der Waals surface area contributed by atoms with Gasteiger partial charge in [0.1, 0.15) is 29.1 Å². The van der Waals surface area contributed by atoms with E-state index in [9.17, 15) is 22.4 Å². The van der Waals surface area contributed by atoms with Crippen LogP contribution >= 0.6 is 0 Å². The molecule has 0 bridgehead atoms. The number of amides is 1. The van der Waals surface area contributed by atoms with E-state index in [1.165, 1.54) is 28.3 Å². The number of carbonyl (C=O) groups is 1. The quantitative estimate of drug-likeness (QED) is 0.240. The van der Waals surface area contributed by atoms with Gasteiger partial charge >= 0.3 is 6.36 Å². The summed E-state index contributed by atoms with van der Waals surface area (Å²) in [4.78, 5) is 25.8. The van der Waals surface area contributed by atoms with Crippen molar-refractivity contribution in [1.82, 2.24) is 29.0 Å². The fourth-order valence-corrected chi connectivity index (χ4v) is 4.75. The molecule has 0 radical (unpaired) electrons. The van der Waals surface area contributed by atoms with Gasteiger partial charge in [-0.25, -0.2) is 23.7 Å². The smallest absolute Gasteiger partial charge is 0.383 e. The highest BCUT2D eigenvalue weighted by Crippen LogP contribution is 2.34. The van der Waals surface area contributed by atoms with Gasteiger partial charge in [-0.05, 0) is 12.5 Å². The lowest BCUT2D eigenvalue weighted by Gasteiger charge is -2.23. The minimum absolute atomic E-state index is 0.0247. The molecule has 0 unspecified atom stereocenters. The molecule has 3 aromatic heterocycles. The Labute approximate surface area is 217 Å². The Morgan fingerprint density at radius 2 is 2.05 bits per heavy atom. The molecule has 4 heterocycles. The number of anilines is 1. The van der Waals surface area contributed by atoms with Crippen molar-refractivity contribution in [3.63, 3.8) is 0 Å². The van der Waals surface area contributed by atoms with E-state index in [0.29, 0.717) is 11.0 Å². The van der Waals surface area contributed by atoms with Crippen molar-refractivity contribution in [2.24, 2.45) is 7.05 Å². The SMILES string of the molecule is C=CC(=O)N1C[C@@H](n2cc(C#Cc3c(F)cc4c(ncn4C)c3F)c3c(N)ncnc32)C[C@@H]1COC(F)(F)F. The molecule has 5 rings (SSSR count). The Bertz CT molecular complexity index is 1680. The lowest BCUT2D eigenvalue weighted by molar-refractivity contribution is -0.327. The molecule has 1 aliphatic rings. The maximum atomic E-state index is 15.0. The monoisotopic (exact) mass is 545 g/mol. The highest BCUT2D eigenvalue weighted by Gasteiger charge is 2.39. The molecule has 1 saturated heterocycles. The number of fused-ring (bicyclic) bond motifs is 2. The summed E-state index contributed by atoms with van der Waals surface area (Å²) in [5.74, 6) is 2.91. The van der Waals surface area contributed by atoms with Crippen molar-refractivity contribution < 1.29 is 31.5 Å². The van der Waals surface area contributed by atoms with Crippen molar-refractivity contribution >= 4 is 33.8 Å². The number of hydrogen-bond acceptors (Lipinski definition) is 6. The molecule has 1 amide bonds. The van der Waals surface area contributed by atoms with Crippen molar-refractivity contribution in [3.05, 3.63) is 60.3 Å². The topological polar surface area (TPSA) is 104 Å². The average Bonchev–Trinajstić information content (AvgIpc) is 3.58. The highest BCUT2D eigenvalue weighted by molar-refractivity contribution is 5.93. The van der Waals surface area contributed by atoms with Crippen LogP contribution in [0.2, 0.25) is 0 Å². The van der Waals surface area contributed by atoms with Crippen molar-refractivity contribution in [1.29, 1.82) is 0 Å². The van der Waals surface area contributed by atoms with E-state index < -0.39 is 48.2 Å². The van der Waals surface area contributed by atoms with Crippen LogP contribution in [0.5, 0.6) is 0 Å². The molecule has 1 aromatic carbocycles. The molecule has 0 aliphatic carbocycles. The number of nitrogen functional groups attached to an aromatic ring is 1. The number of hydrogen-bond donors (Lipinski definition) is 1. The molecule has 202 valence electrons. The highest BCUT2D eigenvalue weighted by atomic mass is 19.4. The van der Waals surface area contributed by atoms with Crippen LogP contribution in [-0.4, -0.2) is 60.4 Å². The first kappa shape index (κ1) is 26.1. The number of likely N-dealkylation sites (tertiary alicyclic amines) is 1. The summed E-state index contributed by atoms with van der Waals surface area (Å²) < 4.78 is 75.0. The molecule has 2 N–H and O–H groups in total. The van der Waals surface area contributed by atoms with Gasteiger partial charge in [-0.3, -0.25) is 9.53 Å². The summed E-state index contributed by atoms with van der Waals surface area (Å²) in [5, 5.41) is 0.293. The Morgan fingerprint density at radius 3 is 2.77 bits per heavy atom. The predicted octanol–water partition coefficient (Wildman–Crippen LogP) is 3.44. The molecule has 9 nitrogen and oxygen atoms in total. The predicted molar refractivity (Wildman–Crippen MR) is 130 cm³/mol. The summed E-state index contributed by atoms with van der Waals surface area (Å²) >= 11 is 0. The average molecular weight is 545 g/mol. The van der Waals surface area contributed by atoms with E-state index in [-0.39, 0.29) is 35.4 Å². The Balaban J connectivity index is 1.55. The first-order valence-corrected chi connectivity index (χ1v) is 11.5. The number of rotatable bonds is 4. The largest absolute Gasteiger partial charge is 0.522 e. The van der Waals surface area contributed by atoms with Gasteiger partial charge in [-0.2, -0.15) is 0 Å². The van der Waals surface area contributed by atoms with Crippen LogP contribution in [0.4, 0.5) is 27.8 Å². The molecule has 4 aromatic rings. The first-order chi connectivity index (χ1) is 18.5. The zero-order valence-electron chi connectivity index (χ0n) is 20.3. The van der Waals surface area contributed by atoms with Gasteiger partial charge in [0.25, 0.3) is 0 Å². The maximum Gasteiger partial charge on any atom is 0.522 e. The molecule has 1 fully saturated rings. The minimum Gasteiger partial charge on any atom is -0.383 e. The van der Waals surface area contributed by atoms with Crippen LogP contribution < -0.4 is 5.73 Å². The van der Waals surface area contributed by atoms with Gasteiger partial charge in [0.2, 0.25) is 5.91 Å². The Kier molecular flexibility index (Phi) is 6.47.